The van der Waals surface area contributed by atoms with Gasteiger partial charge in [0.1, 0.15) is 0 Å². The molecule has 1 amide bonds. The van der Waals surface area contributed by atoms with Crippen LogP contribution < -0.4 is 0 Å². The van der Waals surface area contributed by atoms with Crippen LogP contribution in [0.2, 0.25) is 19.6 Å². The maximum absolute atomic E-state index is 12.2. The highest BCUT2D eigenvalue weighted by Gasteiger charge is 2.59. The van der Waals surface area contributed by atoms with Crippen molar-refractivity contribution in [2.24, 2.45) is 5.92 Å². The number of aliphatic hydroxyl groups excluding tert-OH is 1. The number of fused-ring (bicyclic) bond motifs is 1. The molecule has 8 heteroatoms. The summed E-state index contributed by atoms with van der Waals surface area (Å²) in [4.78, 5) is 25.9. The Morgan fingerprint density at radius 2 is 2.19 bits per heavy atom. The normalized spacial score (nSPS) is 33.2. The van der Waals surface area contributed by atoms with E-state index in [4.69, 9.17) is 16.6 Å². The summed E-state index contributed by atoms with van der Waals surface area (Å²) in [7, 11) is -1.93. The van der Waals surface area contributed by atoms with Crippen LogP contribution in [0.3, 0.4) is 0 Å². The van der Waals surface area contributed by atoms with E-state index in [0.29, 0.717) is 0 Å². The summed E-state index contributed by atoms with van der Waals surface area (Å²) in [6.45, 7) is 7.48. The van der Waals surface area contributed by atoms with Crippen molar-refractivity contribution in [3.05, 3.63) is 0 Å². The number of carbonyl (C=O) groups excluding carboxylic acids is 2. The molecule has 1 unspecified atom stereocenters. The molecule has 5 atom stereocenters. The smallest absolute Gasteiger partial charge is 0.294 e. The highest BCUT2D eigenvalue weighted by Crippen LogP contribution is 2.49. The van der Waals surface area contributed by atoms with Crippen LogP contribution in [0, 0.1) is 5.92 Å². The number of hydrogen-bond donors (Lipinski definition) is 1. The summed E-state index contributed by atoms with van der Waals surface area (Å²) in [5, 5.41) is 11.2. The van der Waals surface area contributed by atoms with Gasteiger partial charge in [0.05, 0.1) is 35.1 Å². The van der Waals surface area contributed by atoms with Crippen molar-refractivity contribution < 1.29 is 19.1 Å². The highest BCUT2D eigenvalue weighted by molar-refractivity contribution is 8.02. The Labute approximate surface area is 135 Å². The monoisotopic (exact) mass is 347 g/mol. The van der Waals surface area contributed by atoms with Gasteiger partial charge in [-0.1, -0.05) is 12.2 Å². The molecule has 1 N–H and O–H groups in total. The molecule has 0 aromatic carbocycles. The molecule has 21 heavy (non-hydrogen) atoms. The second-order valence-electron chi connectivity index (χ2n) is 6.50. The number of nitrogens with zero attached hydrogens (tertiary/aromatic N) is 1. The van der Waals surface area contributed by atoms with Gasteiger partial charge in [0.25, 0.3) is 5.97 Å². The van der Waals surface area contributed by atoms with Crippen molar-refractivity contribution in [3.63, 3.8) is 0 Å². The second kappa shape index (κ2) is 5.98. The van der Waals surface area contributed by atoms with Gasteiger partial charge in [-0.05, 0) is 31.9 Å². The Hall–Kier alpha value is -0.443. The Morgan fingerprint density at radius 3 is 2.67 bits per heavy atom. The first-order valence-electron chi connectivity index (χ1n) is 6.98. The lowest BCUT2D eigenvalue weighted by Gasteiger charge is -2.45. The van der Waals surface area contributed by atoms with Crippen LogP contribution in [0.1, 0.15) is 13.3 Å². The first-order valence-corrected chi connectivity index (χ1v) is 11.8. The minimum Gasteiger partial charge on any atom is -0.520 e. The lowest BCUT2D eigenvalue weighted by molar-refractivity contribution is -0.160. The average molecular weight is 348 g/mol. The molecule has 0 aromatic heterocycles. The van der Waals surface area contributed by atoms with Crippen molar-refractivity contribution in [2.75, 3.05) is 0 Å². The molecule has 2 aliphatic rings. The van der Waals surface area contributed by atoms with Gasteiger partial charge < -0.3 is 14.4 Å². The summed E-state index contributed by atoms with van der Waals surface area (Å²) >= 11 is 6.60. The van der Waals surface area contributed by atoms with Crippen LogP contribution in [0.5, 0.6) is 0 Å². The van der Waals surface area contributed by atoms with Crippen LogP contribution in [-0.2, 0) is 14.0 Å². The summed E-state index contributed by atoms with van der Waals surface area (Å²) in [6.07, 6.45) is -0.506. The lowest BCUT2D eigenvalue weighted by Crippen LogP contribution is -2.63. The van der Waals surface area contributed by atoms with E-state index in [-0.39, 0.29) is 40.9 Å². The molecule has 0 aliphatic carbocycles. The fourth-order valence-electron chi connectivity index (χ4n) is 2.76. The molecule has 5 nitrogen and oxygen atoms in total. The number of hydrogen-bond acceptors (Lipinski definition) is 6. The molecule has 0 radical (unpaired) electrons. The molecule has 118 valence electrons. The molecule has 2 rings (SSSR count). The Balaban J connectivity index is 2.07. The molecule has 2 saturated heterocycles. The summed E-state index contributed by atoms with van der Waals surface area (Å²) < 4.78 is 5.47. The van der Waals surface area contributed by atoms with Crippen LogP contribution in [0.15, 0.2) is 0 Å². The predicted octanol–water partition coefficient (Wildman–Crippen LogP) is 1.40. The quantitative estimate of drug-likeness (QED) is 0.461. The SMILES string of the molecule is CC(O)[C@@H]1C(=O)N2[C@H](CC(=O)O[Si](C)(C)C)[C@H](C=S)S[C@H]12. The third kappa shape index (κ3) is 3.33. The van der Waals surface area contributed by atoms with E-state index in [1.54, 1.807) is 29.0 Å². The zero-order chi connectivity index (χ0) is 15.9. The first kappa shape index (κ1) is 16.9. The van der Waals surface area contributed by atoms with Gasteiger partial charge in [-0.15, -0.1) is 11.8 Å². The third-order valence-electron chi connectivity index (χ3n) is 3.60. The van der Waals surface area contributed by atoms with Gasteiger partial charge in [-0.2, -0.15) is 0 Å². The topological polar surface area (TPSA) is 66.8 Å². The molecule has 2 heterocycles. The fourth-order valence-corrected chi connectivity index (χ4v) is 5.60. The number of amides is 1. The number of carbonyl (C=O) groups is 2. The molecule has 0 saturated carbocycles. The largest absolute Gasteiger partial charge is 0.520 e. The van der Waals surface area contributed by atoms with Crippen LogP contribution in [0.4, 0.5) is 0 Å². The van der Waals surface area contributed by atoms with E-state index >= 15 is 0 Å². The third-order valence-corrected chi connectivity index (χ3v) is 6.47. The lowest BCUT2D eigenvalue weighted by atomic mass is 9.90. The minimum atomic E-state index is -1.93. The average Bonchev–Trinajstić information content (AvgIpc) is 2.59. The van der Waals surface area contributed by atoms with Crippen LogP contribution in [-0.4, -0.2) is 58.3 Å². The van der Waals surface area contributed by atoms with E-state index in [1.807, 2.05) is 19.6 Å². The molecule has 0 spiro atoms. The number of aliphatic hydroxyl groups is 1. The molecule has 0 aromatic rings. The van der Waals surface area contributed by atoms with Crippen molar-refractivity contribution in [2.45, 2.75) is 55.8 Å². The van der Waals surface area contributed by atoms with Crippen molar-refractivity contribution in [1.29, 1.82) is 0 Å². The maximum Gasteiger partial charge on any atom is 0.294 e. The van der Waals surface area contributed by atoms with Gasteiger partial charge in [0, 0.05) is 0 Å². The van der Waals surface area contributed by atoms with E-state index in [1.165, 1.54) is 0 Å². The molecular formula is C13H21NO4S2Si. The minimum absolute atomic E-state index is 0.0631. The van der Waals surface area contributed by atoms with Crippen molar-refractivity contribution in [3.8, 4) is 0 Å². The number of thioether (sulfide) groups is 1. The molecule has 2 aliphatic heterocycles. The maximum atomic E-state index is 12.2. The van der Waals surface area contributed by atoms with Crippen molar-refractivity contribution in [1.82, 2.24) is 4.90 Å². The Morgan fingerprint density at radius 1 is 1.57 bits per heavy atom. The van der Waals surface area contributed by atoms with E-state index in [2.05, 4.69) is 0 Å². The van der Waals surface area contributed by atoms with E-state index in [0.717, 1.165) is 0 Å². The zero-order valence-electron chi connectivity index (χ0n) is 12.6. The number of rotatable bonds is 5. The van der Waals surface area contributed by atoms with Crippen LogP contribution in [0.25, 0.3) is 0 Å². The zero-order valence-corrected chi connectivity index (χ0v) is 15.2. The van der Waals surface area contributed by atoms with Gasteiger partial charge in [-0.3, -0.25) is 9.59 Å². The molecule has 0 bridgehead atoms. The summed E-state index contributed by atoms with van der Waals surface area (Å²) in [5.41, 5.74) is 0. The predicted molar refractivity (Wildman–Crippen MR) is 88.7 cm³/mol. The Kier molecular flexibility index (Phi) is 4.82. The van der Waals surface area contributed by atoms with Gasteiger partial charge in [-0.25, -0.2) is 0 Å². The molecule has 2 fully saturated rings. The Bertz CT molecular complexity index is 466. The highest BCUT2D eigenvalue weighted by atomic mass is 32.2. The molecular weight excluding hydrogens is 326 g/mol. The summed E-state index contributed by atoms with van der Waals surface area (Å²) in [5.74, 6) is -0.742. The van der Waals surface area contributed by atoms with Gasteiger partial charge in [0.15, 0.2) is 0 Å². The summed E-state index contributed by atoms with van der Waals surface area (Å²) in [6, 6.07) is -0.246. The first-order chi connectivity index (χ1) is 9.65. The second-order valence-corrected chi connectivity index (χ2v) is 12.5. The van der Waals surface area contributed by atoms with Gasteiger partial charge >= 0.3 is 0 Å². The van der Waals surface area contributed by atoms with Crippen LogP contribution >= 0.6 is 24.0 Å². The van der Waals surface area contributed by atoms with Crippen molar-refractivity contribution >= 4 is 49.5 Å². The standard InChI is InChI=1S/C13H21NO4S2Si/c1-7(15)11-12(17)14-8(9(6-19)20-13(11)14)5-10(16)18-21(2,3)4/h6-9,11,13,15H,5H2,1-4H3/t7?,8-,9+,11-,13-/m1/s1. The fraction of sp³-hybridized carbons (Fsp3) is 0.769. The van der Waals surface area contributed by atoms with E-state index in [9.17, 15) is 14.7 Å². The number of β-lactam (4-membered cyclic amide) rings is 1. The van der Waals surface area contributed by atoms with Gasteiger partial charge in [0.2, 0.25) is 14.2 Å². The number of thiocarbonyl (C=S) groups is 1. The van der Waals surface area contributed by atoms with E-state index < -0.39 is 14.4 Å².